The molecule has 4 aromatic heterocycles. The summed E-state index contributed by atoms with van der Waals surface area (Å²) in [6.45, 7) is 16.1. The average Bonchev–Trinajstić information content (AvgIpc) is 0.950. The molecule has 590 valence electrons. The molecular formula is C81H93Cl4FN12O12S. The van der Waals surface area contributed by atoms with Crippen LogP contribution in [0.5, 0.6) is 0 Å². The topological polar surface area (TPSA) is 225 Å². The lowest BCUT2D eigenvalue weighted by molar-refractivity contribution is 0.0514. The molecule has 0 unspecified atom stereocenters. The number of aryl methyl sites for hydroxylation is 2. The van der Waals surface area contributed by atoms with Crippen molar-refractivity contribution in [3.63, 3.8) is 0 Å². The number of benzene rings is 5. The third-order valence-corrected chi connectivity index (χ3v) is 21.5. The van der Waals surface area contributed by atoms with Gasteiger partial charge in [-0.2, -0.15) is 0 Å². The second-order valence-electron chi connectivity index (χ2n) is 27.8. The summed E-state index contributed by atoms with van der Waals surface area (Å²) in [5, 5.41) is 5.81. The third-order valence-electron chi connectivity index (χ3n) is 19.4. The number of hydrogen-bond donors (Lipinski definition) is 0. The molecule has 24 nitrogen and oxygen atoms in total. The van der Waals surface area contributed by atoms with E-state index in [2.05, 4.69) is 4.90 Å². The van der Waals surface area contributed by atoms with E-state index in [0.29, 0.717) is 181 Å². The van der Waals surface area contributed by atoms with Gasteiger partial charge < -0.3 is 72.0 Å². The number of esters is 3. The number of thiophene rings is 1. The van der Waals surface area contributed by atoms with Crippen LogP contribution in [0.3, 0.4) is 0 Å². The van der Waals surface area contributed by atoms with Crippen LogP contribution >= 0.6 is 57.7 Å². The maximum Gasteiger partial charge on any atom is 0.345 e. The fourth-order valence-electron chi connectivity index (χ4n) is 13.9. The lowest BCUT2D eigenvalue weighted by Crippen LogP contribution is -2.49. The van der Waals surface area contributed by atoms with Crippen LogP contribution in [0.1, 0.15) is 94.2 Å². The second-order valence-corrected chi connectivity index (χ2v) is 30.4. The van der Waals surface area contributed by atoms with Gasteiger partial charge in [0.05, 0.1) is 68.4 Å². The Morgan fingerprint density at radius 2 is 0.811 bits per heavy atom. The summed E-state index contributed by atoms with van der Waals surface area (Å²) >= 11 is 26.3. The molecule has 3 fully saturated rings. The van der Waals surface area contributed by atoms with Crippen molar-refractivity contribution in [2.45, 2.75) is 53.8 Å². The first-order chi connectivity index (χ1) is 53.1. The molecule has 0 N–H and O–H groups in total. The van der Waals surface area contributed by atoms with E-state index in [4.69, 9.17) is 60.6 Å². The number of rotatable bonds is 22. The molecule has 9 aromatic rings. The van der Waals surface area contributed by atoms with E-state index in [-0.39, 0.29) is 65.4 Å². The van der Waals surface area contributed by atoms with Gasteiger partial charge in [-0.15, -0.1) is 11.3 Å². The number of aromatic nitrogens is 3. The standard InChI is InChI=1S/C29H34Cl2N4O4.C27H30ClFN4O4.C25H29ClN4O4S/c1-5-39-29(38)25-26(21-17-19(2)7-10-24(21)35(28(25)37)12-6-11-32(3)4)33-13-15-34(16-14-33)27(36)20-8-9-22(30)23(31)18-20;1-4-37-27(36)23-24(21-17-19(28)7-10-22(21)33(26(23)35)16-11-30(2)3)31-12-14-32(15-13-31)25(34)18-5-8-20(29)9-6-18;1-4-34-25(33)21-22(28-10-12-29(13-11-28)23(31)20-6-5-15-35-20)18-16-17(26)7-8-19(18)30(24(21)32)14-9-27(2)3/h7-10,17-18H,5-6,11-16H2,1-4H3;5-10,17H,4,11-16H2,1-3H3;5-8,15-16H,4,9-14H2,1-3H3. The molecule has 7 heterocycles. The van der Waals surface area contributed by atoms with Gasteiger partial charge in [-0.3, -0.25) is 28.8 Å². The lowest BCUT2D eigenvalue weighted by Gasteiger charge is -2.37. The SMILES string of the molecule is CCOC(=O)c1c(N2CCN(C(=O)c3ccc(Cl)c(Cl)c3)CC2)c2cc(C)ccc2n(CCCN(C)C)c1=O.CCOC(=O)c1c(N2CCN(C(=O)c3ccc(F)cc3)CC2)c2cc(Cl)ccc2n(CCN(C)C)c1=O.CCOC(=O)c1c(N2CCN(C(=O)c3cccs3)CC2)c2cc(Cl)ccc2n(CCN(C)C)c1=O. The summed E-state index contributed by atoms with van der Waals surface area (Å²) in [6, 6.07) is 30.6. The molecule has 0 aliphatic carbocycles. The zero-order valence-corrected chi connectivity index (χ0v) is 67.9. The zero-order valence-electron chi connectivity index (χ0n) is 64.1. The molecule has 0 radical (unpaired) electrons. The largest absolute Gasteiger partial charge is 0.462 e. The molecule has 12 rings (SSSR count). The van der Waals surface area contributed by atoms with Gasteiger partial charge in [0.2, 0.25) is 0 Å². The predicted octanol–water partition coefficient (Wildman–Crippen LogP) is 11.6. The maximum absolute atomic E-state index is 13.9. The maximum atomic E-state index is 13.9. The Labute approximate surface area is 668 Å². The highest BCUT2D eigenvalue weighted by Gasteiger charge is 2.35. The highest BCUT2D eigenvalue weighted by molar-refractivity contribution is 7.12. The van der Waals surface area contributed by atoms with Gasteiger partial charge >= 0.3 is 17.9 Å². The van der Waals surface area contributed by atoms with Crippen LogP contribution in [-0.4, -0.2) is 239 Å². The normalized spacial score (nSPS) is 13.9. The van der Waals surface area contributed by atoms with Crippen molar-refractivity contribution in [2.24, 2.45) is 0 Å². The number of likely N-dealkylation sites (N-methyl/N-ethyl adjacent to an activating group) is 2. The summed E-state index contributed by atoms with van der Waals surface area (Å²) in [5.41, 5.74) is 4.48. The number of carbonyl (C=O) groups is 6. The van der Waals surface area contributed by atoms with Crippen LogP contribution in [0.15, 0.2) is 129 Å². The molecule has 3 aliphatic heterocycles. The number of carbonyl (C=O) groups excluding carboxylic acids is 6. The molecule has 3 aliphatic rings. The lowest BCUT2D eigenvalue weighted by atomic mass is 10.0. The molecule has 0 spiro atoms. The summed E-state index contributed by atoms with van der Waals surface area (Å²) < 4.78 is 34.2. The van der Waals surface area contributed by atoms with Gasteiger partial charge in [-0.25, -0.2) is 18.8 Å². The summed E-state index contributed by atoms with van der Waals surface area (Å²) in [5.74, 6) is -2.71. The fourth-order valence-corrected chi connectivity index (χ4v) is 15.2. The van der Waals surface area contributed by atoms with Gasteiger partial charge in [0.15, 0.2) is 0 Å². The smallest absolute Gasteiger partial charge is 0.345 e. The number of amides is 3. The van der Waals surface area contributed by atoms with E-state index in [1.54, 1.807) is 97.7 Å². The first-order valence-electron chi connectivity index (χ1n) is 36.9. The number of hydrogen-bond acceptors (Lipinski definition) is 19. The molecule has 0 bridgehead atoms. The number of halogens is 5. The van der Waals surface area contributed by atoms with Crippen LogP contribution in [0.2, 0.25) is 20.1 Å². The number of fused-ring (bicyclic) bond motifs is 3. The van der Waals surface area contributed by atoms with Gasteiger partial charge in [-0.05, 0) is 185 Å². The Morgan fingerprint density at radius 1 is 0.432 bits per heavy atom. The minimum absolute atomic E-state index is 0.00253. The van der Waals surface area contributed by atoms with Crippen LogP contribution in [0, 0.1) is 12.7 Å². The molecule has 111 heavy (non-hydrogen) atoms. The molecular weight excluding hydrogens is 1530 g/mol. The monoisotopic (exact) mass is 1620 g/mol. The van der Waals surface area contributed by atoms with Crippen LogP contribution in [0.4, 0.5) is 21.5 Å². The van der Waals surface area contributed by atoms with Crippen molar-refractivity contribution in [1.29, 1.82) is 0 Å². The number of pyridine rings is 3. The Bertz CT molecular complexity index is 5090. The highest BCUT2D eigenvalue weighted by Crippen LogP contribution is 2.37. The van der Waals surface area contributed by atoms with Crippen LogP contribution in [0.25, 0.3) is 32.7 Å². The zero-order chi connectivity index (χ0) is 80.1. The van der Waals surface area contributed by atoms with E-state index in [1.165, 1.54) is 35.6 Å². The van der Waals surface area contributed by atoms with E-state index < -0.39 is 29.3 Å². The second kappa shape index (κ2) is 38.2. The van der Waals surface area contributed by atoms with Crippen molar-refractivity contribution < 1.29 is 47.4 Å². The Balaban J connectivity index is 0.000000177. The van der Waals surface area contributed by atoms with E-state index >= 15 is 0 Å². The first kappa shape index (κ1) is 84.1. The predicted molar refractivity (Wildman–Crippen MR) is 439 cm³/mol. The Kier molecular flexibility index (Phi) is 29.0. The van der Waals surface area contributed by atoms with Crippen molar-refractivity contribution >= 4 is 143 Å². The Hall–Kier alpha value is -9.38. The van der Waals surface area contributed by atoms with Crippen LogP contribution < -0.4 is 31.4 Å². The molecule has 5 aromatic carbocycles. The average molecular weight is 1620 g/mol. The van der Waals surface area contributed by atoms with E-state index in [9.17, 15) is 47.5 Å². The molecule has 0 atom stereocenters. The quantitative estimate of drug-likeness (QED) is 0.0454. The number of ether oxygens (including phenoxy) is 3. The number of piperazine rings is 3. The molecule has 0 saturated carbocycles. The van der Waals surface area contributed by atoms with Crippen molar-refractivity contribution in [1.82, 2.24) is 43.1 Å². The van der Waals surface area contributed by atoms with Gasteiger partial charge in [0.1, 0.15) is 22.5 Å². The summed E-state index contributed by atoms with van der Waals surface area (Å²) in [6.07, 6.45) is 0.757. The van der Waals surface area contributed by atoms with E-state index in [1.807, 2.05) is 115 Å². The first-order valence-corrected chi connectivity index (χ1v) is 39.3. The molecule has 30 heteroatoms. The third kappa shape index (κ3) is 19.7. The Morgan fingerprint density at radius 3 is 1.20 bits per heavy atom. The van der Waals surface area contributed by atoms with Gasteiger partial charge in [0.25, 0.3) is 34.4 Å². The molecule has 3 saturated heterocycles. The van der Waals surface area contributed by atoms with Crippen molar-refractivity contribution in [3.05, 3.63) is 210 Å². The van der Waals surface area contributed by atoms with Crippen molar-refractivity contribution in [3.8, 4) is 0 Å². The summed E-state index contributed by atoms with van der Waals surface area (Å²) in [4.78, 5) is 138. The van der Waals surface area contributed by atoms with E-state index in [0.717, 1.165) is 34.8 Å². The van der Waals surface area contributed by atoms with Gasteiger partial charge in [0, 0.05) is 149 Å². The molecule has 3 amide bonds. The fraction of sp³-hybridized carbons (Fsp3) is 0.395. The number of nitrogens with zero attached hydrogens (tertiary/aromatic N) is 12. The van der Waals surface area contributed by atoms with Gasteiger partial charge in [-0.1, -0.05) is 64.1 Å². The number of anilines is 3. The van der Waals surface area contributed by atoms with Crippen LogP contribution in [-0.2, 0) is 33.8 Å². The summed E-state index contributed by atoms with van der Waals surface area (Å²) in [7, 11) is 11.7. The van der Waals surface area contributed by atoms with Crippen molar-refractivity contribution in [2.75, 3.05) is 175 Å². The highest BCUT2D eigenvalue weighted by atomic mass is 35.5. The minimum atomic E-state index is -0.687. The minimum Gasteiger partial charge on any atom is -0.462 e.